The van der Waals surface area contributed by atoms with E-state index in [1.807, 2.05) is 55.5 Å². The van der Waals surface area contributed by atoms with Gasteiger partial charge in [0, 0.05) is 0 Å². The summed E-state index contributed by atoms with van der Waals surface area (Å²) in [5.41, 5.74) is 4.15. The van der Waals surface area contributed by atoms with Gasteiger partial charge in [-0.1, -0.05) is 42.5 Å². The average molecular weight is 252 g/mol. The largest absolute Gasteiger partial charge is 0.376 e. The Hall–Kier alpha value is -2.29. The number of rotatable bonds is 1. The van der Waals surface area contributed by atoms with Crippen molar-refractivity contribution in [2.75, 3.05) is 10.6 Å². The molecule has 1 aliphatic rings. The number of fused-ring (bicyclic) bond motifs is 1. The zero-order valence-electron chi connectivity index (χ0n) is 10.8. The van der Waals surface area contributed by atoms with Gasteiger partial charge in [0.05, 0.1) is 23.8 Å². The highest BCUT2D eigenvalue weighted by Gasteiger charge is 2.22. The first-order valence-electron chi connectivity index (χ1n) is 6.45. The van der Waals surface area contributed by atoms with E-state index >= 15 is 0 Å². The van der Waals surface area contributed by atoms with Gasteiger partial charge in [-0.05, 0) is 24.1 Å². The number of carbonyl (C=O) groups excluding carboxylic acids is 1. The van der Waals surface area contributed by atoms with Crippen LogP contribution in [0, 0.1) is 6.92 Å². The van der Waals surface area contributed by atoms with E-state index in [0.717, 1.165) is 22.5 Å². The Labute approximate surface area is 112 Å². The average Bonchev–Trinajstić information content (AvgIpc) is 2.59. The summed E-state index contributed by atoms with van der Waals surface area (Å²) >= 11 is 0. The minimum Gasteiger partial charge on any atom is -0.376 e. The van der Waals surface area contributed by atoms with Crippen molar-refractivity contribution >= 4 is 17.3 Å². The van der Waals surface area contributed by atoms with Gasteiger partial charge in [0.15, 0.2) is 0 Å². The Morgan fingerprint density at radius 3 is 2.63 bits per heavy atom. The third kappa shape index (κ3) is 2.32. The van der Waals surface area contributed by atoms with E-state index in [0.29, 0.717) is 6.42 Å². The number of carbonyl (C=O) groups is 1. The van der Waals surface area contributed by atoms with E-state index in [4.69, 9.17) is 0 Å². The fraction of sp³-hybridized carbons (Fsp3) is 0.188. The van der Waals surface area contributed by atoms with Crippen LogP contribution in [0.2, 0.25) is 0 Å². The molecule has 1 heterocycles. The summed E-state index contributed by atoms with van der Waals surface area (Å²) < 4.78 is 0. The zero-order chi connectivity index (χ0) is 13.2. The summed E-state index contributed by atoms with van der Waals surface area (Å²) in [5.74, 6) is 0.0469. The molecule has 19 heavy (non-hydrogen) atoms. The number of aryl methyl sites for hydroxylation is 1. The normalized spacial score (nSPS) is 17.9. The molecule has 1 atom stereocenters. The van der Waals surface area contributed by atoms with Gasteiger partial charge in [0.1, 0.15) is 0 Å². The van der Waals surface area contributed by atoms with Crippen LogP contribution < -0.4 is 10.6 Å². The molecule has 3 heteroatoms. The van der Waals surface area contributed by atoms with Crippen LogP contribution in [0.25, 0.3) is 0 Å². The maximum Gasteiger partial charge on any atom is 0.226 e. The van der Waals surface area contributed by atoms with Gasteiger partial charge in [0.25, 0.3) is 0 Å². The van der Waals surface area contributed by atoms with Crippen LogP contribution in [-0.4, -0.2) is 5.91 Å². The first-order valence-corrected chi connectivity index (χ1v) is 6.45. The Kier molecular flexibility index (Phi) is 2.95. The number of nitrogens with one attached hydrogen (secondary N) is 2. The molecule has 2 N–H and O–H groups in total. The number of hydrogen-bond donors (Lipinski definition) is 2. The highest BCUT2D eigenvalue weighted by molar-refractivity contribution is 5.97. The smallest absolute Gasteiger partial charge is 0.226 e. The molecule has 0 aromatic heterocycles. The van der Waals surface area contributed by atoms with Gasteiger partial charge in [-0.2, -0.15) is 0 Å². The van der Waals surface area contributed by atoms with Crippen LogP contribution in [-0.2, 0) is 4.79 Å². The van der Waals surface area contributed by atoms with Gasteiger partial charge >= 0.3 is 0 Å². The molecule has 2 aromatic carbocycles. The van der Waals surface area contributed by atoms with Crippen LogP contribution >= 0.6 is 0 Å². The molecule has 0 fully saturated rings. The lowest BCUT2D eigenvalue weighted by atomic mass is 10.0. The lowest BCUT2D eigenvalue weighted by molar-refractivity contribution is -0.116. The lowest BCUT2D eigenvalue weighted by Crippen LogP contribution is -2.15. The lowest BCUT2D eigenvalue weighted by Gasteiger charge is -2.18. The minimum absolute atomic E-state index is 0.0172. The van der Waals surface area contributed by atoms with E-state index in [1.165, 1.54) is 0 Å². The molecule has 3 rings (SSSR count). The second-order valence-corrected chi connectivity index (χ2v) is 4.86. The summed E-state index contributed by atoms with van der Waals surface area (Å²) in [6, 6.07) is 16.0. The van der Waals surface area contributed by atoms with Gasteiger partial charge < -0.3 is 10.6 Å². The standard InChI is InChI=1S/C16H16N2O/c1-11-6-5-9-13-16(11)18-14(10-15(19)17-13)12-7-3-2-4-8-12/h2-9,14,18H,10H2,1H3,(H,17,19)/t14-/m1/s1. The van der Waals surface area contributed by atoms with Crippen LogP contribution in [0.3, 0.4) is 0 Å². The third-order valence-electron chi connectivity index (χ3n) is 3.46. The van der Waals surface area contributed by atoms with E-state index in [-0.39, 0.29) is 11.9 Å². The quantitative estimate of drug-likeness (QED) is 0.815. The Morgan fingerprint density at radius 2 is 1.84 bits per heavy atom. The molecule has 3 nitrogen and oxygen atoms in total. The molecular formula is C16H16N2O. The summed E-state index contributed by atoms with van der Waals surface area (Å²) in [6.07, 6.45) is 0.443. The molecule has 0 spiro atoms. The van der Waals surface area contributed by atoms with Crippen LogP contribution in [0.1, 0.15) is 23.6 Å². The molecule has 0 radical (unpaired) electrons. The van der Waals surface area contributed by atoms with E-state index in [2.05, 4.69) is 10.6 Å². The maximum absolute atomic E-state index is 12.0. The van der Waals surface area contributed by atoms with E-state index in [9.17, 15) is 4.79 Å². The Bertz CT molecular complexity index is 607. The van der Waals surface area contributed by atoms with Crippen LogP contribution in [0.15, 0.2) is 48.5 Å². The molecule has 0 unspecified atom stereocenters. The van der Waals surface area contributed by atoms with Crippen molar-refractivity contribution < 1.29 is 4.79 Å². The SMILES string of the molecule is Cc1cccc2c1N[C@@H](c1ccccc1)CC(=O)N2. The van der Waals surface area contributed by atoms with Crippen molar-refractivity contribution in [3.63, 3.8) is 0 Å². The molecular weight excluding hydrogens is 236 g/mol. The van der Waals surface area contributed by atoms with E-state index in [1.54, 1.807) is 0 Å². The molecule has 0 bridgehead atoms. The summed E-state index contributed by atoms with van der Waals surface area (Å²) in [6.45, 7) is 2.05. The van der Waals surface area contributed by atoms with Gasteiger partial charge in [-0.15, -0.1) is 0 Å². The first kappa shape index (κ1) is 11.8. The van der Waals surface area contributed by atoms with Crippen LogP contribution in [0.5, 0.6) is 0 Å². The number of para-hydroxylation sites is 1. The highest BCUT2D eigenvalue weighted by atomic mass is 16.1. The molecule has 1 aliphatic heterocycles. The van der Waals surface area contributed by atoms with Crippen LogP contribution in [0.4, 0.5) is 11.4 Å². The first-order chi connectivity index (χ1) is 9.24. The molecule has 1 amide bonds. The van der Waals surface area contributed by atoms with Crippen molar-refractivity contribution in [3.05, 3.63) is 59.7 Å². The number of anilines is 2. The molecule has 96 valence electrons. The maximum atomic E-state index is 12.0. The summed E-state index contributed by atoms with van der Waals surface area (Å²) in [7, 11) is 0. The highest BCUT2D eigenvalue weighted by Crippen LogP contribution is 2.34. The predicted octanol–water partition coefficient (Wildman–Crippen LogP) is 3.49. The van der Waals surface area contributed by atoms with Crippen molar-refractivity contribution in [2.45, 2.75) is 19.4 Å². The van der Waals surface area contributed by atoms with Gasteiger partial charge in [0.2, 0.25) is 5.91 Å². The van der Waals surface area contributed by atoms with E-state index < -0.39 is 0 Å². The molecule has 0 saturated carbocycles. The zero-order valence-corrected chi connectivity index (χ0v) is 10.8. The summed E-state index contributed by atoms with van der Waals surface area (Å²) in [4.78, 5) is 12.0. The van der Waals surface area contributed by atoms with Crippen molar-refractivity contribution in [3.8, 4) is 0 Å². The molecule has 0 aliphatic carbocycles. The second-order valence-electron chi connectivity index (χ2n) is 4.86. The Morgan fingerprint density at radius 1 is 1.05 bits per heavy atom. The number of benzene rings is 2. The molecule has 0 saturated heterocycles. The minimum atomic E-state index is 0.0172. The van der Waals surface area contributed by atoms with Gasteiger partial charge in [-0.25, -0.2) is 0 Å². The van der Waals surface area contributed by atoms with Crippen molar-refractivity contribution in [1.82, 2.24) is 0 Å². The monoisotopic (exact) mass is 252 g/mol. The summed E-state index contributed by atoms with van der Waals surface area (Å²) in [5, 5.41) is 6.45. The topological polar surface area (TPSA) is 41.1 Å². The van der Waals surface area contributed by atoms with Gasteiger partial charge in [-0.3, -0.25) is 4.79 Å². The van der Waals surface area contributed by atoms with Crippen molar-refractivity contribution in [2.24, 2.45) is 0 Å². The number of hydrogen-bond acceptors (Lipinski definition) is 2. The predicted molar refractivity (Wildman–Crippen MR) is 77.2 cm³/mol. The fourth-order valence-corrected chi connectivity index (χ4v) is 2.46. The fourth-order valence-electron chi connectivity index (χ4n) is 2.46. The van der Waals surface area contributed by atoms with Crippen molar-refractivity contribution in [1.29, 1.82) is 0 Å². The Balaban J connectivity index is 2.02. The second kappa shape index (κ2) is 4.76. The number of amides is 1. The molecule has 2 aromatic rings. The third-order valence-corrected chi connectivity index (χ3v) is 3.46.